The van der Waals surface area contributed by atoms with Crippen molar-refractivity contribution in [1.29, 1.82) is 0 Å². The van der Waals surface area contributed by atoms with E-state index in [4.69, 9.17) is 0 Å². The predicted octanol–water partition coefficient (Wildman–Crippen LogP) is 2.63. The van der Waals surface area contributed by atoms with Gasteiger partial charge in [0.1, 0.15) is 17.5 Å². The molecule has 5 nitrogen and oxygen atoms in total. The van der Waals surface area contributed by atoms with Crippen molar-refractivity contribution >= 4 is 11.6 Å². The molecule has 4 rings (SSSR count). The number of benzene rings is 1. The Hall–Kier alpha value is -2.14. The highest BCUT2D eigenvalue weighted by Crippen LogP contribution is 2.51. The van der Waals surface area contributed by atoms with Crippen molar-refractivity contribution in [2.45, 2.75) is 38.3 Å². The second kappa shape index (κ2) is 5.49. The van der Waals surface area contributed by atoms with Crippen LogP contribution in [-0.2, 0) is 0 Å². The van der Waals surface area contributed by atoms with Crippen LogP contribution in [0.4, 0.5) is 11.6 Å². The Morgan fingerprint density at radius 3 is 2.87 bits per heavy atom. The zero-order valence-electron chi connectivity index (χ0n) is 13.5. The summed E-state index contributed by atoms with van der Waals surface area (Å²) >= 11 is 0. The predicted molar refractivity (Wildman–Crippen MR) is 90.8 cm³/mol. The first kappa shape index (κ1) is 14.5. The number of hydrogen-bond donors (Lipinski definition) is 2. The lowest BCUT2D eigenvalue weighted by Gasteiger charge is -2.30. The Balaban J connectivity index is 1.65. The molecule has 5 heteroatoms. The molecule has 1 aliphatic carbocycles. The smallest absolute Gasteiger partial charge is 0.134 e. The van der Waals surface area contributed by atoms with Crippen LogP contribution < -0.4 is 10.2 Å². The summed E-state index contributed by atoms with van der Waals surface area (Å²) in [6.07, 6.45) is 1.18. The topological polar surface area (TPSA) is 61.3 Å². The van der Waals surface area contributed by atoms with E-state index in [1.165, 1.54) is 17.5 Å². The molecule has 23 heavy (non-hydrogen) atoms. The van der Waals surface area contributed by atoms with Crippen molar-refractivity contribution in [2.24, 2.45) is 0 Å². The SMILES string of the molecule is Cc1nc(N[C@H](C)CO)cc(N2C[C@H]3C[C@H]2c2ccccc23)n1. The monoisotopic (exact) mass is 310 g/mol. The van der Waals surface area contributed by atoms with Crippen LogP contribution in [0.2, 0.25) is 0 Å². The molecule has 2 heterocycles. The first-order valence-corrected chi connectivity index (χ1v) is 8.24. The van der Waals surface area contributed by atoms with Gasteiger partial charge in [0.15, 0.2) is 0 Å². The van der Waals surface area contributed by atoms with Crippen LogP contribution in [0.15, 0.2) is 30.3 Å². The molecule has 3 atom stereocenters. The first-order valence-electron chi connectivity index (χ1n) is 8.24. The number of fused-ring (bicyclic) bond motifs is 5. The van der Waals surface area contributed by atoms with E-state index in [-0.39, 0.29) is 12.6 Å². The molecular formula is C18H22N4O. The molecule has 1 aromatic heterocycles. The molecule has 1 saturated heterocycles. The number of nitrogens with zero attached hydrogens (tertiary/aromatic N) is 3. The maximum absolute atomic E-state index is 9.23. The molecule has 2 aromatic rings. The van der Waals surface area contributed by atoms with Gasteiger partial charge in [-0.15, -0.1) is 0 Å². The summed E-state index contributed by atoms with van der Waals surface area (Å²) in [7, 11) is 0. The third kappa shape index (κ3) is 2.45. The number of aromatic nitrogens is 2. The van der Waals surface area contributed by atoms with E-state index in [0.29, 0.717) is 12.0 Å². The van der Waals surface area contributed by atoms with Gasteiger partial charge in [-0.2, -0.15) is 0 Å². The van der Waals surface area contributed by atoms with Crippen molar-refractivity contribution < 1.29 is 5.11 Å². The number of nitrogens with one attached hydrogen (secondary N) is 1. The molecular weight excluding hydrogens is 288 g/mol. The maximum atomic E-state index is 9.23. The molecule has 2 bridgehead atoms. The van der Waals surface area contributed by atoms with Gasteiger partial charge in [0, 0.05) is 24.6 Å². The zero-order chi connectivity index (χ0) is 16.0. The lowest BCUT2D eigenvalue weighted by atomic mass is 9.99. The van der Waals surface area contributed by atoms with Gasteiger partial charge >= 0.3 is 0 Å². The standard InChI is InChI=1S/C18H22N4O/c1-11(10-23)19-17-8-18(21-12(2)20-17)22-9-13-7-16(22)15-6-4-3-5-14(13)15/h3-6,8,11,13,16,23H,7,9-10H2,1-2H3,(H,19,20,21)/t11-,13-,16+/m1/s1. The molecule has 0 amide bonds. The minimum absolute atomic E-state index is 0.0205. The molecule has 1 aliphatic heterocycles. The highest BCUT2D eigenvalue weighted by atomic mass is 16.3. The summed E-state index contributed by atoms with van der Waals surface area (Å²) in [4.78, 5) is 11.5. The van der Waals surface area contributed by atoms with Gasteiger partial charge in [-0.1, -0.05) is 24.3 Å². The van der Waals surface area contributed by atoms with Crippen molar-refractivity contribution in [3.63, 3.8) is 0 Å². The van der Waals surface area contributed by atoms with Crippen molar-refractivity contribution in [3.8, 4) is 0 Å². The summed E-state index contributed by atoms with van der Waals surface area (Å²) in [5, 5.41) is 12.5. The lowest BCUT2D eigenvalue weighted by Crippen LogP contribution is -2.28. The second-order valence-corrected chi connectivity index (χ2v) is 6.62. The Bertz CT molecular complexity index is 733. The van der Waals surface area contributed by atoms with Crippen molar-refractivity contribution in [1.82, 2.24) is 9.97 Å². The number of aliphatic hydroxyl groups is 1. The second-order valence-electron chi connectivity index (χ2n) is 6.62. The molecule has 0 radical (unpaired) electrons. The Kier molecular flexibility index (Phi) is 3.45. The van der Waals surface area contributed by atoms with Gasteiger partial charge in [0.25, 0.3) is 0 Å². The van der Waals surface area contributed by atoms with E-state index >= 15 is 0 Å². The van der Waals surface area contributed by atoms with Gasteiger partial charge in [0.05, 0.1) is 12.6 Å². The fraction of sp³-hybridized carbons (Fsp3) is 0.444. The van der Waals surface area contributed by atoms with Crippen molar-refractivity contribution in [3.05, 3.63) is 47.3 Å². The largest absolute Gasteiger partial charge is 0.394 e. The summed E-state index contributed by atoms with van der Waals surface area (Å²) < 4.78 is 0. The molecule has 0 unspecified atom stereocenters. The minimum atomic E-state index is -0.0205. The fourth-order valence-electron chi connectivity index (χ4n) is 3.87. The van der Waals surface area contributed by atoms with Crippen molar-refractivity contribution in [2.75, 3.05) is 23.4 Å². The summed E-state index contributed by atoms with van der Waals surface area (Å²) in [5.41, 5.74) is 2.95. The van der Waals surface area contributed by atoms with Gasteiger partial charge in [0.2, 0.25) is 0 Å². The fourth-order valence-corrected chi connectivity index (χ4v) is 3.87. The maximum Gasteiger partial charge on any atom is 0.134 e. The van der Waals surface area contributed by atoms with E-state index in [1.807, 2.05) is 19.9 Å². The lowest BCUT2D eigenvalue weighted by molar-refractivity contribution is 0.281. The average molecular weight is 310 g/mol. The van der Waals surface area contributed by atoms with Gasteiger partial charge in [-0.05, 0) is 31.4 Å². The molecule has 2 aliphatic rings. The highest BCUT2D eigenvalue weighted by Gasteiger charge is 2.42. The van der Waals surface area contributed by atoms with Gasteiger partial charge in [-0.3, -0.25) is 0 Å². The molecule has 2 N–H and O–H groups in total. The Labute approximate surface area is 136 Å². The first-order chi connectivity index (χ1) is 11.2. The highest BCUT2D eigenvalue weighted by molar-refractivity contribution is 5.57. The van der Waals surface area contributed by atoms with Crippen LogP contribution in [0, 0.1) is 6.92 Å². The van der Waals surface area contributed by atoms with E-state index in [9.17, 15) is 5.11 Å². The van der Waals surface area contributed by atoms with E-state index in [2.05, 4.69) is 44.5 Å². The van der Waals surface area contributed by atoms with Crippen LogP contribution in [0.5, 0.6) is 0 Å². The normalized spacial score (nSPS) is 23.0. The number of rotatable bonds is 4. The number of aryl methyl sites for hydroxylation is 1. The minimum Gasteiger partial charge on any atom is -0.394 e. The van der Waals surface area contributed by atoms with Crippen LogP contribution in [0.1, 0.15) is 42.3 Å². The van der Waals surface area contributed by atoms with E-state index in [1.54, 1.807) is 0 Å². The van der Waals surface area contributed by atoms with E-state index in [0.717, 1.165) is 24.0 Å². The summed E-state index contributed by atoms with van der Waals surface area (Å²) in [6, 6.07) is 11.2. The number of hydrogen-bond acceptors (Lipinski definition) is 5. The Morgan fingerprint density at radius 2 is 2.09 bits per heavy atom. The third-order valence-electron chi connectivity index (χ3n) is 4.88. The number of aliphatic hydroxyl groups excluding tert-OH is 1. The summed E-state index contributed by atoms with van der Waals surface area (Å²) in [5.74, 6) is 3.13. The molecule has 0 saturated carbocycles. The average Bonchev–Trinajstić information content (AvgIpc) is 3.14. The summed E-state index contributed by atoms with van der Waals surface area (Å²) in [6.45, 7) is 4.96. The van der Waals surface area contributed by atoms with Crippen LogP contribution in [-0.4, -0.2) is 34.3 Å². The number of anilines is 2. The quantitative estimate of drug-likeness (QED) is 0.909. The third-order valence-corrected chi connectivity index (χ3v) is 4.88. The molecule has 1 fully saturated rings. The van der Waals surface area contributed by atoms with Crippen LogP contribution >= 0.6 is 0 Å². The Morgan fingerprint density at radius 1 is 1.30 bits per heavy atom. The van der Waals surface area contributed by atoms with Crippen LogP contribution in [0.3, 0.4) is 0 Å². The van der Waals surface area contributed by atoms with Crippen LogP contribution in [0.25, 0.3) is 0 Å². The van der Waals surface area contributed by atoms with Gasteiger partial charge in [-0.25, -0.2) is 9.97 Å². The zero-order valence-corrected chi connectivity index (χ0v) is 13.5. The molecule has 120 valence electrons. The van der Waals surface area contributed by atoms with Gasteiger partial charge < -0.3 is 15.3 Å². The van der Waals surface area contributed by atoms with E-state index < -0.39 is 0 Å². The molecule has 1 aromatic carbocycles. The molecule has 0 spiro atoms.